The number of aromatic hydroxyl groups is 1. The first kappa shape index (κ1) is 23.3. The van der Waals surface area contributed by atoms with E-state index in [0.29, 0.717) is 0 Å². The Balaban J connectivity index is 1.38. The van der Waals surface area contributed by atoms with Crippen LogP contribution in [0.5, 0.6) is 5.75 Å². The molecule has 4 rings (SSSR count). The van der Waals surface area contributed by atoms with Crippen LogP contribution in [-0.2, 0) is 13.0 Å². The van der Waals surface area contributed by atoms with E-state index in [4.69, 9.17) is 5.26 Å². The highest BCUT2D eigenvalue weighted by Crippen LogP contribution is 2.23. The van der Waals surface area contributed by atoms with Gasteiger partial charge in [0.25, 0.3) is 5.56 Å². The molecule has 2 heterocycles. The van der Waals surface area contributed by atoms with E-state index in [1.54, 1.807) is 0 Å². The molecule has 2 atom stereocenters. The van der Waals surface area contributed by atoms with Crippen molar-refractivity contribution in [2.45, 2.75) is 25.3 Å². The van der Waals surface area contributed by atoms with Gasteiger partial charge in [-0.15, -0.1) is 0 Å². The lowest BCUT2D eigenvalue weighted by molar-refractivity contribution is 0.263. The van der Waals surface area contributed by atoms with Gasteiger partial charge in [0.1, 0.15) is 0 Å². The number of nitrogens with zero attached hydrogens (tertiary/aromatic N) is 3. The van der Waals surface area contributed by atoms with E-state index in [2.05, 4.69) is 44.9 Å². The van der Waals surface area contributed by atoms with E-state index in [1.165, 1.54) is 11.9 Å². The lowest BCUT2D eigenvalue weighted by atomic mass is 9.94. The van der Waals surface area contributed by atoms with Crippen molar-refractivity contribution < 1.29 is 10.2 Å². The van der Waals surface area contributed by atoms with Crippen LogP contribution < -0.4 is 5.56 Å². The standard InChI is InChI=1S/C27H26N4O3/c28-14-22-11-12-31(16-22)15-21-5-3-19(4-6-21)1-2-20-7-9-23(10-8-20)24(17-32)13-25-26(33)27(34)30-18-29-25/h3-10,18,22,24,32-33H,11-13,15-17H2,(H,29,30,34)/t22-,24+/m1/s1. The molecule has 7 nitrogen and oxygen atoms in total. The number of rotatable bonds is 6. The number of H-pyrrole nitrogens is 1. The van der Waals surface area contributed by atoms with E-state index in [0.717, 1.165) is 42.7 Å². The normalized spacial score (nSPS) is 16.4. The molecule has 0 amide bonds. The Hall–Kier alpha value is -3.91. The largest absolute Gasteiger partial charge is 0.502 e. The Morgan fingerprint density at radius 1 is 1.12 bits per heavy atom. The highest BCUT2D eigenvalue weighted by atomic mass is 16.3. The second-order valence-electron chi connectivity index (χ2n) is 8.53. The van der Waals surface area contributed by atoms with E-state index in [9.17, 15) is 15.0 Å². The van der Waals surface area contributed by atoms with Crippen LogP contribution in [0.2, 0.25) is 0 Å². The molecule has 0 bridgehead atoms. The van der Waals surface area contributed by atoms with E-state index in [1.807, 2.05) is 36.4 Å². The number of aliphatic hydroxyl groups is 1. The zero-order valence-corrected chi connectivity index (χ0v) is 18.7. The quantitative estimate of drug-likeness (QED) is 0.494. The molecule has 0 radical (unpaired) electrons. The smallest absolute Gasteiger partial charge is 0.293 e. The van der Waals surface area contributed by atoms with Gasteiger partial charge in [-0.1, -0.05) is 36.1 Å². The Kier molecular flexibility index (Phi) is 7.39. The van der Waals surface area contributed by atoms with Gasteiger partial charge in [0, 0.05) is 36.6 Å². The van der Waals surface area contributed by atoms with Crippen molar-refractivity contribution in [2.75, 3.05) is 19.7 Å². The third kappa shape index (κ3) is 5.71. The van der Waals surface area contributed by atoms with Crippen molar-refractivity contribution in [3.05, 3.63) is 93.2 Å². The van der Waals surface area contributed by atoms with Crippen molar-refractivity contribution >= 4 is 0 Å². The number of nitriles is 1. The van der Waals surface area contributed by atoms with Gasteiger partial charge in [-0.05, 0) is 48.4 Å². The minimum atomic E-state index is -0.593. The van der Waals surface area contributed by atoms with Crippen LogP contribution in [0.15, 0.2) is 59.7 Å². The van der Waals surface area contributed by atoms with Crippen molar-refractivity contribution in [1.82, 2.24) is 14.9 Å². The minimum absolute atomic E-state index is 0.139. The van der Waals surface area contributed by atoms with E-state index in [-0.39, 0.29) is 30.6 Å². The van der Waals surface area contributed by atoms with Crippen molar-refractivity contribution in [2.24, 2.45) is 5.92 Å². The molecular formula is C27H26N4O3. The molecule has 0 saturated carbocycles. The van der Waals surface area contributed by atoms with Gasteiger partial charge in [-0.2, -0.15) is 5.26 Å². The van der Waals surface area contributed by atoms with E-state index >= 15 is 0 Å². The van der Waals surface area contributed by atoms with Crippen LogP contribution in [0.3, 0.4) is 0 Å². The molecule has 172 valence electrons. The topological polar surface area (TPSA) is 113 Å². The summed E-state index contributed by atoms with van der Waals surface area (Å²) >= 11 is 0. The third-order valence-corrected chi connectivity index (χ3v) is 6.11. The number of hydrogen-bond donors (Lipinski definition) is 3. The molecule has 2 aromatic carbocycles. The zero-order chi connectivity index (χ0) is 23.9. The minimum Gasteiger partial charge on any atom is -0.502 e. The number of hydrogen-bond acceptors (Lipinski definition) is 6. The number of nitrogens with one attached hydrogen (secondary N) is 1. The zero-order valence-electron chi connectivity index (χ0n) is 18.7. The summed E-state index contributed by atoms with van der Waals surface area (Å²) in [4.78, 5) is 20.2. The highest BCUT2D eigenvalue weighted by Gasteiger charge is 2.21. The van der Waals surface area contributed by atoms with Gasteiger partial charge in [0.05, 0.1) is 30.6 Å². The molecule has 3 aromatic rings. The van der Waals surface area contributed by atoms with Gasteiger partial charge in [-0.25, -0.2) is 4.98 Å². The van der Waals surface area contributed by atoms with Crippen LogP contribution in [0.25, 0.3) is 0 Å². The summed E-state index contributed by atoms with van der Waals surface area (Å²) in [5.74, 6) is 5.77. The van der Waals surface area contributed by atoms with Crippen molar-refractivity contribution in [1.29, 1.82) is 5.26 Å². The lowest BCUT2D eigenvalue weighted by Gasteiger charge is -2.14. The summed E-state index contributed by atoms with van der Waals surface area (Å²) in [7, 11) is 0. The van der Waals surface area contributed by atoms with Gasteiger partial charge < -0.3 is 15.2 Å². The molecule has 1 aromatic heterocycles. The summed E-state index contributed by atoms with van der Waals surface area (Å²) in [6, 6.07) is 18.1. The van der Waals surface area contributed by atoms with Crippen molar-refractivity contribution in [3.63, 3.8) is 0 Å². The Labute approximate surface area is 198 Å². The molecule has 1 aliphatic heterocycles. The second-order valence-corrected chi connectivity index (χ2v) is 8.53. The first-order valence-electron chi connectivity index (χ1n) is 11.2. The van der Waals surface area contributed by atoms with Crippen LogP contribution in [-0.4, -0.2) is 44.8 Å². The van der Waals surface area contributed by atoms with Crippen LogP contribution in [0.4, 0.5) is 0 Å². The summed E-state index contributed by atoms with van der Waals surface area (Å²) in [5.41, 5.74) is 3.52. The number of aromatic nitrogens is 2. The van der Waals surface area contributed by atoms with Crippen LogP contribution >= 0.6 is 0 Å². The summed E-state index contributed by atoms with van der Waals surface area (Å²) in [6.45, 7) is 2.52. The first-order valence-corrected chi connectivity index (χ1v) is 11.2. The molecular weight excluding hydrogens is 428 g/mol. The third-order valence-electron chi connectivity index (χ3n) is 6.11. The number of likely N-dealkylation sites (tertiary alicyclic amines) is 1. The highest BCUT2D eigenvalue weighted by molar-refractivity contribution is 5.44. The molecule has 0 aliphatic carbocycles. The maximum absolute atomic E-state index is 11.6. The van der Waals surface area contributed by atoms with Gasteiger partial charge in [0.15, 0.2) is 0 Å². The SMILES string of the molecule is N#C[C@H]1CCN(Cc2ccc(C#Cc3ccc([C@H](CO)Cc4nc[nH]c(=O)c4O)cc3)cc2)C1. The second kappa shape index (κ2) is 10.8. The molecule has 7 heteroatoms. The summed E-state index contributed by atoms with van der Waals surface area (Å²) in [6.07, 6.45) is 2.44. The lowest BCUT2D eigenvalue weighted by Crippen LogP contribution is -2.19. The molecule has 3 N–H and O–H groups in total. The summed E-state index contributed by atoms with van der Waals surface area (Å²) in [5, 5.41) is 28.8. The fourth-order valence-electron chi connectivity index (χ4n) is 4.12. The predicted molar refractivity (Wildman–Crippen MR) is 128 cm³/mol. The van der Waals surface area contributed by atoms with Crippen LogP contribution in [0, 0.1) is 29.1 Å². The molecule has 1 aliphatic rings. The molecule has 1 saturated heterocycles. The number of aliphatic hydroxyl groups excluding tert-OH is 1. The van der Waals surface area contributed by atoms with Gasteiger partial charge in [0.2, 0.25) is 5.75 Å². The Morgan fingerprint density at radius 3 is 2.41 bits per heavy atom. The average Bonchev–Trinajstić information content (AvgIpc) is 3.32. The molecule has 34 heavy (non-hydrogen) atoms. The fraction of sp³-hybridized carbons (Fsp3) is 0.296. The van der Waals surface area contributed by atoms with Gasteiger partial charge in [-0.3, -0.25) is 9.69 Å². The van der Waals surface area contributed by atoms with Gasteiger partial charge >= 0.3 is 0 Å². The van der Waals surface area contributed by atoms with Crippen LogP contribution in [0.1, 0.15) is 40.3 Å². The molecule has 0 unspecified atom stereocenters. The fourth-order valence-corrected chi connectivity index (χ4v) is 4.12. The number of benzene rings is 2. The molecule has 0 spiro atoms. The first-order chi connectivity index (χ1) is 16.6. The maximum atomic E-state index is 11.6. The predicted octanol–water partition coefficient (Wildman–Crippen LogP) is 2.54. The summed E-state index contributed by atoms with van der Waals surface area (Å²) < 4.78 is 0. The Bertz CT molecular complexity index is 1280. The number of aromatic amines is 1. The monoisotopic (exact) mass is 454 g/mol. The Morgan fingerprint density at radius 2 is 1.79 bits per heavy atom. The average molecular weight is 455 g/mol. The van der Waals surface area contributed by atoms with E-state index < -0.39 is 11.3 Å². The maximum Gasteiger partial charge on any atom is 0.293 e. The van der Waals surface area contributed by atoms with Crippen molar-refractivity contribution in [3.8, 4) is 23.7 Å². The molecule has 1 fully saturated rings.